The molecule has 25 heavy (non-hydrogen) atoms. The minimum absolute atomic E-state index is 0.0387. The molecular weight excluding hydrogens is 314 g/mol. The highest BCUT2D eigenvalue weighted by molar-refractivity contribution is 5.74. The third-order valence-corrected chi connectivity index (χ3v) is 4.43. The fourth-order valence-corrected chi connectivity index (χ4v) is 2.99. The lowest BCUT2D eigenvalue weighted by Crippen LogP contribution is -2.43. The summed E-state index contributed by atoms with van der Waals surface area (Å²) in [5.74, 6) is 0. The van der Waals surface area contributed by atoms with Crippen LogP contribution in [-0.2, 0) is 17.7 Å². The lowest BCUT2D eigenvalue weighted by atomic mass is 10.1. The average Bonchev–Trinajstić information content (AvgIpc) is 3.18. The van der Waals surface area contributed by atoms with Gasteiger partial charge in [-0.2, -0.15) is 0 Å². The number of aromatic nitrogens is 1. The molecule has 0 spiro atoms. The first-order valence-corrected chi connectivity index (χ1v) is 8.88. The predicted molar refractivity (Wildman–Crippen MR) is 97.2 cm³/mol. The van der Waals surface area contributed by atoms with Crippen molar-refractivity contribution in [3.8, 4) is 0 Å². The van der Waals surface area contributed by atoms with Gasteiger partial charge in [-0.05, 0) is 42.5 Å². The minimum Gasteiger partial charge on any atom is -0.376 e. The second kappa shape index (κ2) is 9.18. The molecule has 1 aromatic carbocycles. The summed E-state index contributed by atoms with van der Waals surface area (Å²) < 4.78 is 5.59. The number of carbonyl (C=O) groups excluding carboxylic acids is 1. The van der Waals surface area contributed by atoms with Gasteiger partial charge in [0.2, 0.25) is 0 Å². The molecule has 2 amide bonds. The maximum absolute atomic E-state index is 12.7. The Kier molecular flexibility index (Phi) is 6.40. The molecule has 132 valence electrons. The van der Waals surface area contributed by atoms with Crippen LogP contribution in [0.2, 0.25) is 0 Å². The molecule has 1 aromatic heterocycles. The Morgan fingerprint density at radius 2 is 1.96 bits per heavy atom. The molecule has 5 nitrogen and oxygen atoms in total. The van der Waals surface area contributed by atoms with Crippen molar-refractivity contribution in [2.24, 2.45) is 0 Å². The van der Waals surface area contributed by atoms with Crippen LogP contribution in [0.5, 0.6) is 0 Å². The summed E-state index contributed by atoms with van der Waals surface area (Å²) >= 11 is 0. The van der Waals surface area contributed by atoms with Crippen LogP contribution in [0.15, 0.2) is 54.9 Å². The molecule has 3 rings (SSSR count). The maximum Gasteiger partial charge on any atom is 0.317 e. The van der Waals surface area contributed by atoms with Crippen LogP contribution in [-0.4, -0.2) is 41.7 Å². The van der Waals surface area contributed by atoms with Crippen molar-refractivity contribution >= 4 is 6.03 Å². The molecular formula is C20H25N3O2. The van der Waals surface area contributed by atoms with Gasteiger partial charge in [-0.1, -0.05) is 30.3 Å². The average molecular weight is 339 g/mol. The second-order valence-corrected chi connectivity index (χ2v) is 6.33. The van der Waals surface area contributed by atoms with Crippen molar-refractivity contribution in [3.63, 3.8) is 0 Å². The van der Waals surface area contributed by atoms with Gasteiger partial charge >= 0.3 is 6.03 Å². The SMILES string of the molecule is O=C(NCC1CCCO1)N(CCc1ccccc1)Cc1ccncc1. The summed E-state index contributed by atoms with van der Waals surface area (Å²) in [5.41, 5.74) is 2.31. The van der Waals surface area contributed by atoms with E-state index < -0.39 is 0 Å². The number of rotatable bonds is 7. The zero-order chi connectivity index (χ0) is 17.3. The fourth-order valence-electron chi connectivity index (χ4n) is 2.99. The molecule has 0 bridgehead atoms. The van der Waals surface area contributed by atoms with Crippen molar-refractivity contribution in [1.82, 2.24) is 15.2 Å². The third-order valence-electron chi connectivity index (χ3n) is 4.43. The Bertz CT molecular complexity index is 643. The zero-order valence-electron chi connectivity index (χ0n) is 14.4. The van der Waals surface area contributed by atoms with Gasteiger partial charge in [0.05, 0.1) is 6.10 Å². The van der Waals surface area contributed by atoms with E-state index in [2.05, 4.69) is 22.4 Å². The van der Waals surface area contributed by atoms with Crippen molar-refractivity contribution < 1.29 is 9.53 Å². The quantitative estimate of drug-likeness (QED) is 0.844. The number of hydrogen-bond donors (Lipinski definition) is 1. The third kappa shape index (κ3) is 5.57. The lowest BCUT2D eigenvalue weighted by molar-refractivity contribution is 0.108. The molecule has 1 unspecified atom stereocenters. The van der Waals surface area contributed by atoms with E-state index in [0.717, 1.165) is 31.4 Å². The van der Waals surface area contributed by atoms with Gasteiger partial charge in [-0.3, -0.25) is 4.98 Å². The Morgan fingerprint density at radius 3 is 2.68 bits per heavy atom. The van der Waals surface area contributed by atoms with Crippen LogP contribution >= 0.6 is 0 Å². The second-order valence-electron chi connectivity index (χ2n) is 6.33. The molecule has 1 N–H and O–H groups in total. The van der Waals surface area contributed by atoms with E-state index in [1.54, 1.807) is 12.4 Å². The molecule has 0 aliphatic carbocycles. The van der Waals surface area contributed by atoms with Crippen molar-refractivity contribution in [3.05, 3.63) is 66.0 Å². The Hall–Kier alpha value is -2.40. The standard InChI is InChI=1S/C20H25N3O2/c24-20(22-15-19-7-4-14-25-19)23(16-18-8-11-21-12-9-18)13-10-17-5-2-1-3-6-17/h1-3,5-6,8-9,11-12,19H,4,7,10,13-16H2,(H,22,24). The highest BCUT2D eigenvalue weighted by atomic mass is 16.5. The number of nitrogens with zero attached hydrogens (tertiary/aromatic N) is 2. The van der Waals surface area contributed by atoms with E-state index in [1.165, 1.54) is 5.56 Å². The van der Waals surface area contributed by atoms with E-state index in [9.17, 15) is 4.79 Å². The number of pyridine rings is 1. The zero-order valence-corrected chi connectivity index (χ0v) is 14.4. The monoisotopic (exact) mass is 339 g/mol. The van der Waals surface area contributed by atoms with E-state index in [-0.39, 0.29) is 12.1 Å². The number of hydrogen-bond acceptors (Lipinski definition) is 3. The summed E-state index contributed by atoms with van der Waals surface area (Å²) in [4.78, 5) is 18.6. The molecule has 1 saturated heterocycles. The summed E-state index contributed by atoms with van der Waals surface area (Å²) in [7, 11) is 0. The summed E-state index contributed by atoms with van der Waals surface area (Å²) in [6.07, 6.45) is 6.61. The van der Waals surface area contributed by atoms with Crippen molar-refractivity contribution in [2.45, 2.75) is 31.9 Å². The van der Waals surface area contributed by atoms with E-state index in [4.69, 9.17) is 4.74 Å². The van der Waals surface area contributed by atoms with Crippen molar-refractivity contribution in [2.75, 3.05) is 19.7 Å². The van der Waals surface area contributed by atoms with Crippen LogP contribution < -0.4 is 5.32 Å². The van der Waals surface area contributed by atoms with Gasteiger partial charge in [0.25, 0.3) is 0 Å². The topological polar surface area (TPSA) is 54.5 Å². The normalized spacial score (nSPS) is 16.6. The highest BCUT2D eigenvalue weighted by Gasteiger charge is 2.19. The largest absolute Gasteiger partial charge is 0.376 e. The molecule has 0 radical (unpaired) electrons. The molecule has 1 fully saturated rings. The van der Waals surface area contributed by atoms with Gasteiger partial charge in [0.1, 0.15) is 0 Å². The molecule has 2 aromatic rings. The van der Waals surface area contributed by atoms with Gasteiger partial charge in [0, 0.05) is 38.6 Å². The summed E-state index contributed by atoms with van der Waals surface area (Å²) in [6, 6.07) is 14.1. The van der Waals surface area contributed by atoms with Gasteiger partial charge < -0.3 is 15.0 Å². The predicted octanol–water partition coefficient (Wildman–Crippen LogP) is 3.01. The fraction of sp³-hybridized carbons (Fsp3) is 0.400. The molecule has 1 aliphatic heterocycles. The smallest absolute Gasteiger partial charge is 0.317 e. The first-order chi connectivity index (χ1) is 12.3. The number of benzene rings is 1. The first kappa shape index (κ1) is 17.4. The van der Waals surface area contributed by atoms with E-state index >= 15 is 0 Å². The van der Waals surface area contributed by atoms with Crippen LogP contribution in [0.1, 0.15) is 24.0 Å². The summed E-state index contributed by atoms with van der Waals surface area (Å²) in [6.45, 7) is 2.63. The minimum atomic E-state index is -0.0387. The maximum atomic E-state index is 12.7. The van der Waals surface area contributed by atoms with Crippen LogP contribution in [0.3, 0.4) is 0 Å². The molecule has 1 aliphatic rings. The number of ether oxygens (including phenoxy) is 1. The molecule has 0 saturated carbocycles. The Balaban J connectivity index is 1.59. The van der Waals surface area contributed by atoms with Gasteiger partial charge in [-0.15, -0.1) is 0 Å². The molecule has 1 atom stereocenters. The molecule has 5 heteroatoms. The lowest BCUT2D eigenvalue weighted by Gasteiger charge is -2.24. The van der Waals surface area contributed by atoms with Crippen molar-refractivity contribution in [1.29, 1.82) is 0 Å². The number of nitrogens with one attached hydrogen (secondary N) is 1. The highest BCUT2D eigenvalue weighted by Crippen LogP contribution is 2.11. The Labute approximate surface area is 149 Å². The first-order valence-electron chi connectivity index (χ1n) is 8.88. The van der Waals surface area contributed by atoms with E-state index in [1.807, 2.05) is 35.2 Å². The number of urea groups is 1. The summed E-state index contributed by atoms with van der Waals surface area (Å²) in [5, 5.41) is 3.03. The number of carbonyl (C=O) groups is 1. The van der Waals surface area contributed by atoms with Crippen LogP contribution in [0.4, 0.5) is 4.79 Å². The van der Waals surface area contributed by atoms with Gasteiger partial charge in [-0.25, -0.2) is 4.79 Å². The Morgan fingerprint density at radius 1 is 1.16 bits per heavy atom. The van der Waals surface area contributed by atoms with Crippen LogP contribution in [0, 0.1) is 0 Å². The number of amides is 2. The molecule has 2 heterocycles. The van der Waals surface area contributed by atoms with Crippen LogP contribution in [0.25, 0.3) is 0 Å². The van der Waals surface area contributed by atoms with Gasteiger partial charge in [0.15, 0.2) is 0 Å². The van der Waals surface area contributed by atoms with E-state index in [0.29, 0.717) is 19.6 Å².